The topological polar surface area (TPSA) is 46.5 Å². The highest BCUT2D eigenvalue weighted by Gasteiger charge is 2.19. The van der Waals surface area contributed by atoms with Gasteiger partial charge in [0, 0.05) is 6.42 Å². The lowest BCUT2D eigenvalue weighted by atomic mass is 9.81. The minimum Gasteiger partial charge on any atom is -0.463 e. The van der Waals surface area contributed by atoms with Gasteiger partial charge in [-0.25, -0.2) is 0 Å². The van der Waals surface area contributed by atoms with E-state index >= 15 is 0 Å². The van der Waals surface area contributed by atoms with Crippen LogP contribution in [-0.4, -0.2) is 23.8 Å². The van der Waals surface area contributed by atoms with Gasteiger partial charge in [0.15, 0.2) is 0 Å². The van der Waals surface area contributed by atoms with Gasteiger partial charge in [-0.05, 0) is 24.7 Å². The molecule has 1 fully saturated rings. The zero-order valence-electron chi connectivity index (χ0n) is 11.2. The zero-order valence-corrected chi connectivity index (χ0v) is 11.2. The first-order valence-electron chi connectivity index (χ1n) is 6.95. The van der Waals surface area contributed by atoms with Crippen molar-refractivity contribution < 1.29 is 14.6 Å². The van der Waals surface area contributed by atoms with Crippen LogP contribution < -0.4 is 0 Å². The molecule has 0 aliphatic heterocycles. The Kier molecular flexibility index (Phi) is 6.56. The van der Waals surface area contributed by atoms with E-state index in [-0.39, 0.29) is 12.6 Å². The number of carbonyl (C=O) groups is 1. The Hall–Kier alpha value is -0.570. The number of esters is 1. The summed E-state index contributed by atoms with van der Waals surface area (Å²) in [5.74, 6) is 1.41. The quantitative estimate of drug-likeness (QED) is 0.728. The molecular formula is C14H26O3. The highest BCUT2D eigenvalue weighted by atomic mass is 16.5. The van der Waals surface area contributed by atoms with Crippen LogP contribution in [0.25, 0.3) is 0 Å². The fourth-order valence-electron chi connectivity index (χ4n) is 2.32. The molecule has 1 atom stereocenters. The van der Waals surface area contributed by atoms with Crippen molar-refractivity contribution in [3.63, 3.8) is 0 Å². The summed E-state index contributed by atoms with van der Waals surface area (Å²) in [5.41, 5.74) is 0. The standard InChI is InChI=1S/C14H26O3/c1-3-13(15)10-17-14(16)9-8-12-6-4-11(2)5-7-12/h11-13,15H,3-10H2,1-2H3. The average Bonchev–Trinajstić information content (AvgIpc) is 2.35. The number of ether oxygens (including phenoxy) is 1. The van der Waals surface area contributed by atoms with Crippen molar-refractivity contribution in [2.75, 3.05) is 6.61 Å². The molecule has 3 nitrogen and oxygen atoms in total. The molecule has 0 aromatic rings. The van der Waals surface area contributed by atoms with Crippen LogP contribution in [0, 0.1) is 11.8 Å². The summed E-state index contributed by atoms with van der Waals surface area (Å²) in [4.78, 5) is 11.4. The minimum absolute atomic E-state index is 0.150. The normalized spacial score (nSPS) is 26.5. The number of carbonyl (C=O) groups excluding carboxylic acids is 1. The first kappa shape index (κ1) is 14.5. The van der Waals surface area contributed by atoms with Crippen molar-refractivity contribution in [3.8, 4) is 0 Å². The Balaban J connectivity index is 2.07. The molecule has 1 aliphatic rings. The van der Waals surface area contributed by atoms with Crippen molar-refractivity contribution in [1.29, 1.82) is 0 Å². The molecule has 3 heteroatoms. The molecule has 1 aliphatic carbocycles. The number of rotatable bonds is 6. The van der Waals surface area contributed by atoms with Crippen molar-refractivity contribution >= 4 is 5.97 Å². The fourth-order valence-corrected chi connectivity index (χ4v) is 2.32. The average molecular weight is 242 g/mol. The highest BCUT2D eigenvalue weighted by Crippen LogP contribution is 2.31. The van der Waals surface area contributed by atoms with E-state index in [2.05, 4.69) is 6.92 Å². The fraction of sp³-hybridized carbons (Fsp3) is 0.929. The summed E-state index contributed by atoms with van der Waals surface area (Å²) >= 11 is 0. The van der Waals surface area contributed by atoms with Gasteiger partial charge in [0.2, 0.25) is 0 Å². The van der Waals surface area contributed by atoms with Gasteiger partial charge in [0.05, 0.1) is 6.10 Å². The molecule has 0 aromatic heterocycles. The lowest BCUT2D eigenvalue weighted by Crippen LogP contribution is -2.19. The Bertz CT molecular complexity index is 220. The molecule has 1 rings (SSSR count). The molecular weight excluding hydrogens is 216 g/mol. The summed E-state index contributed by atoms with van der Waals surface area (Å²) in [6, 6.07) is 0. The molecule has 0 saturated heterocycles. The van der Waals surface area contributed by atoms with Crippen LogP contribution in [0.1, 0.15) is 58.8 Å². The van der Waals surface area contributed by atoms with Gasteiger partial charge in [-0.3, -0.25) is 4.79 Å². The molecule has 1 unspecified atom stereocenters. The first-order chi connectivity index (χ1) is 8.11. The molecule has 100 valence electrons. The van der Waals surface area contributed by atoms with Gasteiger partial charge in [-0.1, -0.05) is 39.5 Å². The molecule has 17 heavy (non-hydrogen) atoms. The molecule has 1 N–H and O–H groups in total. The lowest BCUT2D eigenvalue weighted by molar-refractivity contribution is -0.147. The van der Waals surface area contributed by atoms with Crippen molar-refractivity contribution in [3.05, 3.63) is 0 Å². The molecule has 0 heterocycles. The minimum atomic E-state index is -0.505. The molecule has 0 amide bonds. The number of aliphatic hydroxyl groups excluding tert-OH is 1. The molecule has 0 spiro atoms. The monoisotopic (exact) mass is 242 g/mol. The van der Waals surface area contributed by atoms with Crippen LogP contribution in [0.3, 0.4) is 0 Å². The maximum Gasteiger partial charge on any atom is 0.305 e. The van der Waals surface area contributed by atoms with E-state index < -0.39 is 6.10 Å². The van der Waals surface area contributed by atoms with E-state index in [0.717, 1.165) is 12.3 Å². The Labute approximate surface area is 105 Å². The Morgan fingerprint density at radius 2 is 2.00 bits per heavy atom. The second-order valence-corrected chi connectivity index (χ2v) is 5.41. The third kappa shape index (κ3) is 6.06. The summed E-state index contributed by atoms with van der Waals surface area (Å²) in [6.07, 6.45) is 6.70. The molecule has 0 aromatic carbocycles. The van der Waals surface area contributed by atoms with E-state index in [1.807, 2.05) is 6.92 Å². The maximum atomic E-state index is 11.4. The predicted molar refractivity (Wildman–Crippen MR) is 67.6 cm³/mol. The maximum absolute atomic E-state index is 11.4. The third-order valence-electron chi connectivity index (χ3n) is 3.80. The molecule has 0 radical (unpaired) electrons. The van der Waals surface area contributed by atoms with Crippen LogP contribution in [0.5, 0.6) is 0 Å². The smallest absolute Gasteiger partial charge is 0.305 e. The number of hydrogen-bond acceptors (Lipinski definition) is 3. The van der Waals surface area contributed by atoms with Crippen LogP contribution in [0.2, 0.25) is 0 Å². The number of hydrogen-bond donors (Lipinski definition) is 1. The van der Waals surface area contributed by atoms with Crippen LogP contribution in [0.15, 0.2) is 0 Å². The van der Waals surface area contributed by atoms with Crippen molar-refractivity contribution in [2.24, 2.45) is 11.8 Å². The van der Waals surface area contributed by atoms with Crippen LogP contribution >= 0.6 is 0 Å². The van der Waals surface area contributed by atoms with E-state index in [1.54, 1.807) is 0 Å². The number of aliphatic hydroxyl groups is 1. The molecule has 0 bridgehead atoms. The second-order valence-electron chi connectivity index (χ2n) is 5.41. The van der Waals surface area contributed by atoms with E-state index in [4.69, 9.17) is 4.74 Å². The predicted octanol–water partition coefficient (Wildman–Crippen LogP) is 2.91. The van der Waals surface area contributed by atoms with E-state index in [0.29, 0.717) is 18.8 Å². The summed E-state index contributed by atoms with van der Waals surface area (Å²) < 4.78 is 5.02. The largest absolute Gasteiger partial charge is 0.463 e. The zero-order chi connectivity index (χ0) is 12.7. The van der Waals surface area contributed by atoms with Crippen LogP contribution in [-0.2, 0) is 9.53 Å². The van der Waals surface area contributed by atoms with Gasteiger partial charge in [0.25, 0.3) is 0 Å². The van der Waals surface area contributed by atoms with Crippen molar-refractivity contribution in [2.45, 2.75) is 64.9 Å². The van der Waals surface area contributed by atoms with Gasteiger partial charge in [-0.15, -0.1) is 0 Å². The van der Waals surface area contributed by atoms with Gasteiger partial charge < -0.3 is 9.84 Å². The van der Waals surface area contributed by atoms with Crippen LogP contribution in [0.4, 0.5) is 0 Å². The van der Waals surface area contributed by atoms with Gasteiger partial charge in [-0.2, -0.15) is 0 Å². The summed E-state index contributed by atoms with van der Waals surface area (Å²) in [6.45, 7) is 4.33. The van der Waals surface area contributed by atoms with E-state index in [1.165, 1.54) is 25.7 Å². The Morgan fingerprint density at radius 3 is 2.59 bits per heavy atom. The summed E-state index contributed by atoms with van der Waals surface area (Å²) in [5, 5.41) is 9.28. The van der Waals surface area contributed by atoms with Gasteiger partial charge in [0.1, 0.15) is 6.61 Å². The Morgan fingerprint density at radius 1 is 1.35 bits per heavy atom. The summed E-state index contributed by atoms with van der Waals surface area (Å²) in [7, 11) is 0. The molecule has 1 saturated carbocycles. The highest BCUT2D eigenvalue weighted by molar-refractivity contribution is 5.69. The lowest BCUT2D eigenvalue weighted by Gasteiger charge is -2.25. The first-order valence-corrected chi connectivity index (χ1v) is 6.95. The second kappa shape index (κ2) is 7.70. The third-order valence-corrected chi connectivity index (χ3v) is 3.80. The van der Waals surface area contributed by atoms with E-state index in [9.17, 15) is 9.90 Å². The van der Waals surface area contributed by atoms with Crippen molar-refractivity contribution in [1.82, 2.24) is 0 Å². The van der Waals surface area contributed by atoms with Gasteiger partial charge >= 0.3 is 5.97 Å². The SMILES string of the molecule is CCC(O)COC(=O)CCC1CCC(C)CC1.